The molecule has 0 spiro atoms. The van der Waals surface area contributed by atoms with Gasteiger partial charge in [-0.05, 0) is 12.1 Å². The van der Waals surface area contributed by atoms with Gasteiger partial charge in [0.25, 0.3) is 0 Å². The molecule has 4 atom stereocenters. The van der Waals surface area contributed by atoms with E-state index in [1.165, 1.54) is 11.8 Å². The number of aromatic nitrogens is 3. The van der Waals surface area contributed by atoms with Crippen molar-refractivity contribution in [3.8, 4) is 5.75 Å². The highest BCUT2D eigenvalue weighted by Gasteiger charge is 2.38. The van der Waals surface area contributed by atoms with Crippen molar-refractivity contribution in [2.24, 2.45) is 7.05 Å². The third-order valence-corrected chi connectivity index (χ3v) is 4.53. The lowest BCUT2D eigenvalue weighted by molar-refractivity contribution is -0.0785. The van der Waals surface area contributed by atoms with Crippen molar-refractivity contribution in [2.45, 2.75) is 23.7 Å². The van der Waals surface area contributed by atoms with Crippen molar-refractivity contribution < 1.29 is 20.1 Å². The number of aliphatic hydroxyl groups is 3. The lowest BCUT2D eigenvalue weighted by atomic mass is 10.1. The first-order valence-electron chi connectivity index (χ1n) is 6.18. The number of hydrogen-bond acceptors (Lipinski definition) is 7. The van der Waals surface area contributed by atoms with Gasteiger partial charge < -0.3 is 20.1 Å². The standard InChI is InChI=1S/C12H15N3O4S/c1-15-8-3-2-6(4-7(8)13-14-15)19-12-11(18)10(17)9(16)5-20-12/h2-4,9-12,16-18H,5H2,1H3/t9-,10+,11-,12+/m1/s1. The van der Waals surface area contributed by atoms with Gasteiger partial charge in [-0.2, -0.15) is 0 Å². The van der Waals surface area contributed by atoms with Crippen LogP contribution in [0.1, 0.15) is 0 Å². The molecule has 2 aromatic rings. The number of fused-ring (bicyclic) bond motifs is 1. The third-order valence-electron chi connectivity index (χ3n) is 3.29. The highest BCUT2D eigenvalue weighted by Crippen LogP contribution is 2.30. The smallest absolute Gasteiger partial charge is 0.173 e. The van der Waals surface area contributed by atoms with E-state index in [0.29, 0.717) is 17.0 Å². The number of hydrogen-bond donors (Lipinski definition) is 3. The number of nitrogens with zero attached hydrogens (tertiary/aromatic N) is 3. The first kappa shape index (κ1) is 13.6. The Morgan fingerprint density at radius 1 is 1.30 bits per heavy atom. The van der Waals surface area contributed by atoms with Crippen LogP contribution in [-0.4, -0.2) is 59.8 Å². The first-order valence-corrected chi connectivity index (χ1v) is 7.23. The Kier molecular flexibility index (Phi) is 3.55. The normalized spacial score (nSPS) is 30.6. The minimum atomic E-state index is -1.19. The first-order chi connectivity index (χ1) is 9.56. The van der Waals surface area contributed by atoms with Gasteiger partial charge in [-0.3, -0.25) is 0 Å². The molecule has 8 heteroatoms. The van der Waals surface area contributed by atoms with Crippen LogP contribution in [-0.2, 0) is 7.05 Å². The highest BCUT2D eigenvalue weighted by atomic mass is 32.2. The van der Waals surface area contributed by atoms with E-state index in [1.807, 2.05) is 6.07 Å². The van der Waals surface area contributed by atoms with Crippen LogP contribution in [0.3, 0.4) is 0 Å². The summed E-state index contributed by atoms with van der Waals surface area (Å²) in [5, 5.41) is 36.9. The fourth-order valence-electron chi connectivity index (χ4n) is 2.11. The minimum Gasteiger partial charge on any atom is -0.477 e. The Hall–Kier alpha value is -1.35. The van der Waals surface area contributed by atoms with Gasteiger partial charge in [0.1, 0.15) is 23.5 Å². The van der Waals surface area contributed by atoms with Crippen LogP contribution < -0.4 is 4.74 Å². The molecule has 3 rings (SSSR count). The second kappa shape index (κ2) is 5.21. The molecule has 0 unspecified atom stereocenters. The summed E-state index contributed by atoms with van der Waals surface area (Å²) in [6.45, 7) is 0. The van der Waals surface area contributed by atoms with Crippen LogP contribution in [0.15, 0.2) is 18.2 Å². The zero-order chi connectivity index (χ0) is 14.3. The van der Waals surface area contributed by atoms with E-state index in [-0.39, 0.29) is 0 Å². The monoisotopic (exact) mass is 297 g/mol. The lowest BCUT2D eigenvalue weighted by Crippen LogP contribution is -2.50. The second-order valence-corrected chi connectivity index (χ2v) is 5.86. The van der Waals surface area contributed by atoms with Crippen LogP contribution in [0.25, 0.3) is 11.0 Å². The van der Waals surface area contributed by atoms with Crippen LogP contribution >= 0.6 is 11.8 Å². The van der Waals surface area contributed by atoms with Crippen LogP contribution in [0.2, 0.25) is 0 Å². The molecule has 0 saturated carbocycles. The maximum atomic E-state index is 9.90. The number of aliphatic hydroxyl groups excluding tert-OH is 3. The van der Waals surface area contributed by atoms with Crippen molar-refractivity contribution in [1.29, 1.82) is 0 Å². The summed E-state index contributed by atoms with van der Waals surface area (Å²) < 4.78 is 7.32. The Bertz CT molecular complexity index is 620. The summed E-state index contributed by atoms with van der Waals surface area (Å²) >= 11 is 1.27. The molecular weight excluding hydrogens is 282 g/mol. The van der Waals surface area contributed by atoms with E-state index in [2.05, 4.69) is 10.3 Å². The highest BCUT2D eigenvalue weighted by molar-refractivity contribution is 7.99. The molecule has 1 aliphatic heterocycles. The third kappa shape index (κ3) is 2.35. The summed E-state index contributed by atoms with van der Waals surface area (Å²) in [4.78, 5) is 0. The molecule has 108 valence electrons. The fraction of sp³-hybridized carbons (Fsp3) is 0.500. The largest absolute Gasteiger partial charge is 0.477 e. The summed E-state index contributed by atoms with van der Waals surface area (Å²) in [6, 6.07) is 5.32. The van der Waals surface area contributed by atoms with Crippen molar-refractivity contribution in [2.75, 3.05) is 5.75 Å². The molecule has 0 radical (unpaired) electrons. The van der Waals surface area contributed by atoms with Gasteiger partial charge in [0.2, 0.25) is 0 Å². The topological polar surface area (TPSA) is 101 Å². The minimum absolute atomic E-state index is 0.316. The molecule has 20 heavy (non-hydrogen) atoms. The summed E-state index contributed by atoms with van der Waals surface area (Å²) in [5.41, 5.74) is 0.952. The summed E-state index contributed by atoms with van der Waals surface area (Å²) in [6.07, 6.45) is -3.26. The molecule has 1 aromatic carbocycles. The van der Waals surface area contributed by atoms with E-state index in [9.17, 15) is 15.3 Å². The Labute approximate surface area is 119 Å². The SMILES string of the molecule is Cn1nnc2cc(O[C@H]3SC[C@@H](O)[C@H](O)[C@H]3O)ccc21. The zero-order valence-electron chi connectivity index (χ0n) is 10.7. The number of rotatable bonds is 2. The van der Waals surface area contributed by atoms with E-state index < -0.39 is 23.7 Å². The molecule has 1 saturated heterocycles. The van der Waals surface area contributed by atoms with Gasteiger partial charge in [0.15, 0.2) is 5.44 Å². The van der Waals surface area contributed by atoms with E-state index in [4.69, 9.17) is 4.74 Å². The van der Waals surface area contributed by atoms with Gasteiger partial charge in [-0.25, -0.2) is 4.68 Å². The Balaban J connectivity index is 1.79. The van der Waals surface area contributed by atoms with E-state index in [0.717, 1.165) is 5.52 Å². The van der Waals surface area contributed by atoms with E-state index >= 15 is 0 Å². The number of thioether (sulfide) groups is 1. The Morgan fingerprint density at radius 2 is 2.10 bits per heavy atom. The van der Waals surface area contributed by atoms with Crippen LogP contribution in [0, 0.1) is 0 Å². The molecule has 0 bridgehead atoms. The van der Waals surface area contributed by atoms with Crippen LogP contribution in [0.5, 0.6) is 5.75 Å². The average Bonchev–Trinajstić information content (AvgIpc) is 2.81. The molecule has 0 aliphatic carbocycles. The van der Waals surface area contributed by atoms with Crippen LogP contribution in [0.4, 0.5) is 0 Å². The quantitative estimate of drug-likeness (QED) is 0.687. The molecule has 3 N–H and O–H groups in total. The molecule has 7 nitrogen and oxygen atoms in total. The molecular formula is C12H15N3O4S. The summed E-state index contributed by atoms with van der Waals surface area (Å²) in [5.74, 6) is 0.856. The zero-order valence-corrected chi connectivity index (χ0v) is 11.6. The number of aryl methyl sites for hydroxylation is 1. The number of benzene rings is 1. The Morgan fingerprint density at radius 3 is 2.90 bits per heavy atom. The molecule has 0 amide bonds. The maximum Gasteiger partial charge on any atom is 0.173 e. The van der Waals surface area contributed by atoms with Gasteiger partial charge in [-0.15, -0.1) is 16.9 Å². The van der Waals surface area contributed by atoms with Gasteiger partial charge in [0, 0.05) is 18.9 Å². The van der Waals surface area contributed by atoms with Crippen molar-refractivity contribution >= 4 is 22.8 Å². The van der Waals surface area contributed by atoms with Gasteiger partial charge in [0.05, 0.1) is 11.6 Å². The molecule has 1 aliphatic rings. The van der Waals surface area contributed by atoms with Crippen molar-refractivity contribution in [3.05, 3.63) is 18.2 Å². The molecule has 2 heterocycles. The van der Waals surface area contributed by atoms with Crippen molar-refractivity contribution in [1.82, 2.24) is 15.0 Å². The lowest BCUT2D eigenvalue weighted by Gasteiger charge is -2.34. The second-order valence-electron chi connectivity index (χ2n) is 4.73. The predicted octanol–water partition coefficient (Wildman–Crippen LogP) is -0.497. The predicted molar refractivity (Wildman–Crippen MR) is 73.4 cm³/mol. The maximum absolute atomic E-state index is 9.90. The molecule has 1 aromatic heterocycles. The van der Waals surface area contributed by atoms with E-state index in [1.54, 1.807) is 23.9 Å². The number of ether oxygens (including phenoxy) is 1. The summed E-state index contributed by atoms with van der Waals surface area (Å²) in [7, 11) is 1.80. The fourth-order valence-corrected chi connectivity index (χ4v) is 3.23. The molecule has 1 fully saturated rings. The van der Waals surface area contributed by atoms with Gasteiger partial charge in [-0.1, -0.05) is 5.21 Å². The van der Waals surface area contributed by atoms with Crippen molar-refractivity contribution in [3.63, 3.8) is 0 Å². The average molecular weight is 297 g/mol. The van der Waals surface area contributed by atoms with Gasteiger partial charge >= 0.3 is 0 Å².